The van der Waals surface area contributed by atoms with Crippen LogP contribution in [-0.4, -0.2) is 30.7 Å². The van der Waals surface area contributed by atoms with Crippen molar-refractivity contribution in [1.29, 1.82) is 0 Å². The van der Waals surface area contributed by atoms with Crippen molar-refractivity contribution in [3.05, 3.63) is 23.8 Å². The molecule has 1 aliphatic rings. The zero-order valence-corrected chi connectivity index (χ0v) is 11.1. The van der Waals surface area contributed by atoms with Crippen LogP contribution in [0, 0.1) is 5.92 Å². The molecule has 0 spiro atoms. The number of nitrogens with one attached hydrogen (secondary N) is 1. The van der Waals surface area contributed by atoms with Crippen LogP contribution in [0.1, 0.15) is 29.6 Å². The van der Waals surface area contributed by atoms with Crippen LogP contribution >= 0.6 is 0 Å². The van der Waals surface area contributed by atoms with E-state index in [4.69, 9.17) is 10.5 Å². The SMILES string of the molecule is COc1ccc(C(=O)NCC2CCCC2N)cc1O. The average molecular weight is 264 g/mol. The molecule has 0 aliphatic heterocycles. The first kappa shape index (κ1) is 13.7. The van der Waals surface area contributed by atoms with E-state index in [0.717, 1.165) is 19.3 Å². The molecule has 5 nitrogen and oxygen atoms in total. The molecule has 19 heavy (non-hydrogen) atoms. The number of phenolic OH excluding ortho intramolecular Hbond substituents is 1. The van der Waals surface area contributed by atoms with E-state index in [1.807, 2.05) is 0 Å². The first-order valence-electron chi connectivity index (χ1n) is 6.52. The van der Waals surface area contributed by atoms with Gasteiger partial charge in [0, 0.05) is 18.2 Å². The van der Waals surface area contributed by atoms with Crippen molar-refractivity contribution in [3.63, 3.8) is 0 Å². The lowest BCUT2D eigenvalue weighted by Crippen LogP contribution is -2.35. The van der Waals surface area contributed by atoms with E-state index in [1.54, 1.807) is 12.1 Å². The Morgan fingerprint density at radius 3 is 2.89 bits per heavy atom. The van der Waals surface area contributed by atoms with Gasteiger partial charge in [0.25, 0.3) is 5.91 Å². The minimum Gasteiger partial charge on any atom is -0.504 e. The first-order chi connectivity index (χ1) is 9.11. The topological polar surface area (TPSA) is 84.6 Å². The highest BCUT2D eigenvalue weighted by Crippen LogP contribution is 2.26. The van der Waals surface area contributed by atoms with Gasteiger partial charge >= 0.3 is 0 Å². The molecule has 2 atom stereocenters. The van der Waals surface area contributed by atoms with Gasteiger partial charge in [-0.1, -0.05) is 6.42 Å². The average Bonchev–Trinajstić information content (AvgIpc) is 2.81. The molecule has 2 rings (SSSR count). The molecule has 0 radical (unpaired) electrons. The van der Waals surface area contributed by atoms with Crippen LogP contribution in [0.2, 0.25) is 0 Å². The predicted octanol–water partition coefficient (Wildman–Crippen LogP) is 1.26. The molecule has 0 heterocycles. The van der Waals surface area contributed by atoms with Crippen molar-refractivity contribution in [2.24, 2.45) is 11.7 Å². The molecule has 1 saturated carbocycles. The molecule has 1 aromatic rings. The number of carbonyl (C=O) groups excluding carboxylic acids is 1. The van der Waals surface area contributed by atoms with E-state index < -0.39 is 0 Å². The smallest absolute Gasteiger partial charge is 0.251 e. The minimum atomic E-state index is -0.197. The largest absolute Gasteiger partial charge is 0.504 e. The van der Waals surface area contributed by atoms with Gasteiger partial charge < -0.3 is 20.9 Å². The molecule has 5 heteroatoms. The fourth-order valence-electron chi connectivity index (χ4n) is 2.48. The summed E-state index contributed by atoms with van der Waals surface area (Å²) in [4.78, 5) is 12.0. The first-order valence-corrected chi connectivity index (χ1v) is 6.52. The number of hydrogen-bond acceptors (Lipinski definition) is 4. The Morgan fingerprint density at radius 2 is 2.32 bits per heavy atom. The molecular formula is C14H20N2O3. The quantitative estimate of drug-likeness (QED) is 0.764. The van der Waals surface area contributed by atoms with Gasteiger partial charge in [0.05, 0.1) is 7.11 Å². The van der Waals surface area contributed by atoms with Crippen molar-refractivity contribution < 1.29 is 14.6 Å². The maximum absolute atomic E-state index is 12.0. The summed E-state index contributed by atoms with van der Waals surface area (Å²) in [5.41, 5.74) is 6.38. The summed E-state index contributed by atoms with van der Waals surface area (Å²) >= 11 is 0. The summed E-state index contributed by atoms with van der Waals surface area (Å²) in [7, 11) is 1.47. The standard InChI is InChI=1S/C14H20N2O3/c1-19-13-6-5-9(7-12(13)17)14(18)16-8-10-3-2-4-11(10)15/h5-7,10-11,17H,2-4,8,15H2,1H3,(H,16,18). The Labute approximate surface area is 112 Å². The molecule has 0 bridgehead atoms. The van der Waals surface area contributed by atoms with E-state index in [0.29, 0.717) is 23.8 Å². The Morgan fingerprint density at radius 1 is 1.53 bits per heavy atom. The molecule has 1 aliphatic carbocycles. The van der Waals surface area contributed by atoms with Gasteiger partial charge in [0.1, 0.15) is 0 Å². The fourth-order valence-corrected chi connectivity index (χ4v) is 2.48. The van der Waals surface area contributed by atoms with Gasteiger partial charge in [0.2, 0.25) is 0 Å². The number of carbonyl (C=O) groups is 1. The Balaban J connectivity index is 1.94. The second-order valence-electron chi connectivity index (χ2n) is 4.95. The Kier molecular flexibility index (Phi) is 4.27. The fraction of sp³-hybridized carbons (Fsp3) is 0.500. The number of methoxy groups -OCH3 is 1. The Bertz CT molecular complexity index is 462. The van der Waals surface area contributed by atoms with Crippen molar-refractivity contribution in [1.82, 2.24) is 5.32 Å². The lowest BCUT2D eigenvalue weighted by atomic mass is 10.0. The van der Waals surface area contributed by atoms with Crippen LogP contribution in [0.3, 0.4) is 0 Å². The van der Waals surface area contributed by atoms with Gasteiger partial charge in [-0.2, -0.15) is 0 Å². The third kappa shape index (κ3) is 3.17. The molecule has 1 fully saturated rings. The zero-order chi connectivity index (χ0) is 13.8. The number of aromatic hydroxyl groups is 1. The number of phenols is 1. The third-order valence-electron chi connectivity index (χ3n) is 3.68. The van der Waals surface area contributed by atoms with Crippen LogP contribution in [0.15, 0.2) is 18.2 Å². The summed E-state index contributed by atoms with van der Waals surface area (Å²) in [6.45, 7) is 0.590. The van der Waals surface area contributed by atoms with Gasteiger partial charge in [-0.3, -0.25) is 4.79 Å². The normalized spacial score (nSPS) is 22.2. The number of ether oxygens (including phenoxy) is 1. The summed E-state index contributed by atoms with van der Waals surface area (Å²) in [5, 5.41) is 12.5. The number of nitrogens with two attached hydrogens (primary N) is 1. The maximum Gasteiger partial charge on any atom is 0.251 e. The van der Waals surface area contributed by atoms with Crippen LogP contribution in [0.4, 0.5) is 0 Å². The molecule has 0 saturated heterocycles. The number of hydrogen-bond donors (Lipinski definition) is 3. The molecule has 1 amide bonds. The second kappa shape index (κ2) is 5.93. The van der Waals surface area contributed by atoms with E-state index in [-0.39, 0.29) is 17.7 Å². The van der Waals surface area contributed by atoms with Crippen LogP contribution < -0.4 is 15.8 Å². The van der Waals surface area contributed by atoms with E-state index in [9.17, 15) is 9.90 Å². The molecule has 2 unspecified atom stereocenters. The highest BCUT2D eigenvalue weighted by atomic mass is 16.5. The monoisotopic (exact) mass is 264 g/mol. The number of benzene rings is 1. The summed E-state index contributed by atoms with van der Waals surface area (Å²) in [6.07, 6.45) is 3.23. The van der Waals surface area contributed by atoms with Gasteiger partial charge in [0.15, 0.2) is 11.5 Å². The molecular weight excluding hydrogens is 244 g/mol. The van der Waals surface area contributed by atoms with E-state index in [1.165, 1.54) is 13.2 Å². The highest BCUT2D eigenvalue weighted by Gasteiger charge is 2.24. The van der Waals surface area contributed by atoms with Crippen molar-refractivity contribution in [2.75, 3.05) is 13.7 Å². The Hall–Kier alpha value is -1.75. The zero-order valence-electron chi connectivity index (χ0n) is 11.1. The van der Waals surface area contributed by atoms with Crippen LogP contribution in [-0.2, 0) is 0 Å². The van der Waals surface area contributed by atoms with Crippen LogP contribution in [0.25, 0.3) is 0 Å². The van der Waals surface area contributed by atoms with E-state index >= 15 is 0 Å². The van der Waals surface area contributed by atoms with Gasteiger partial charge in [-0.05, 0) is 37.0 Å². The van der Waals surface area contributed by atoms with Gasteiger partial charge in [-0.25, -0.2) is 0 Å². The van der Waals surface area contributed by atoms with Crippen molar-refractivity contribution in [3.8, 4) is 11.5 Å². The summed E-state index contributed by atoms with van der Waals surface area (Å²) in [6, 6.07) is 4.79. The second-order valence-corrected chi connectivity index (χ2v) is 4.95. The molecule has 1 aromatic carbocycles. The third-order valence-corrected chi connectivity index (χ3v) is 3.68. The molecule has 4 N–H and O–H groups in total. The minimum absolute atomic E-state index is 0.0345. The lowest BCUT2D eigenvalue weighted by molar-refractivity contribution is 0.0946. The van der Waals surface area contributed by atoms with E-state index in [2.05, 4.69) is 5.32 Å². The van der Waals surface area contributed by atoms with Crippen molar-refractivity contribution >= 4 is 5.91 Å². The van der Waals surface area contributed by atoms with Gasteiger partial charge in [-0.15, -0.1) is 0 Å². The maximum atomic E-state index is 12.0. The highest BCUT2D eigenvalue weighted by molar-refractivity contribution is 5.94. The number of amides is 1. The molecule has 104 valence electrons. The lowest BCUT2D eigenvalue weighted by Gasteiger charge is -2.16. The summed E-state index contributed by atoms with van der Waals surface area (Å²) < 4.78 is 4.94. The molecule has 0 aromatic heterocycles. The number of rotatable bonds is 4. The van der Waals surface area contributed by atoms with Crippen LogP contribution in [0.5, 0.6) is 11.5 Å². The summed E-state index contributed by atoms with van der Waals surface area (Å²) in [5.74, 6) is 0.481. The van der Waals surface area contributed by atoms with Crippen molar-refractivity contribution in [2.45, 2.75) is 25.3 Å². The predicted molar refractivity (Wildman–Crippen MR) is 72.3 cm³/mol.